The maximum Gasteiger partial charge on any atom is 0.343 e. The smallest absolute Gasteiger partial charge is 0.343 e. The third-order valence-corrected chi connectivity index (χ3v) is 5.22. The number of carbonyl (C=O) groups is 2. The minimum absolute atomic E-state index is 0.111. The van der Waals surface area contributed by atoms with Crippen LogP contribution >= 0.6 is 11.8 Å². The largest absolute Gasteiger partial charge is 0.544 e. The Morgan fingerprint density at radius 2 is 1.92 bits per heavy atom. The first-order valence-corrected chi connectivity index (χ1v) is 8.73. The van der Waals surface area contributed by atoms with Gasteiger partial charge >= 0.3 is 5.97 Å². The minimum Gasteiger partial charge on any atom is -0.544 e. The van der Waals surface area contributed by atoms with Crippen LogP contribution in [0.15, 0.2) is 48.5 Å². The Morgan fingerprint density at radius 3 is 2.54 bits per heavy atom. The van der Waals surface area contributed by atoms with Crippen LogP contribution < -0.4 is 15.2 Å². The van der Waals surface area contributed by atoms with Gasteiger partial charge in [0.25, 0.3) is 5.69 Å². The van der Waals surface area contributed by atoms with E-state index in [1.165, 1.54) is 36.0 Å². The lowest BCUT2D eigenvalue weighted by Crippen LogP contribution is -2.90. The highest BCUT2D eigenvalue weighted by molar-refractivity contribution is 7.99. The highest BCUT2D eigenvalue weighted by Crippen LogP contribution is 2.29. The molecule has 0 spiro atoms. The molecule has 0 aliphatic carbocycles. The van der Waals surface area contributed by atoms with Gasteiger partial charge in [0, 0.05) is 17.7 Å². The standard InChI is InChI=1S/C17H14N2O6S/c20-16(21)14-9-26-15(18-14)11-2-1-3-13(8-11)25-17(22)10-4-6-12(7-5-10)19(23)24/h1-8,14-15,18H,9H2,(H,20,21)/t14-,15-/m0/s1. The van der Waals surface area contributed by atoms with Crippen LogP contribution in [0.5, 0.6) is 5.75 Å². The number of nitro benzene ring substituents is 1. The molecule has 1 aliphatic rings. The van der Waals surface area contributed by atoms with Crippen molar-refractivity contribution in [2.24, 2.45) is 0 Å². The van der Waals surface area contributed by atoms with Gasteiger partial charge in [-0.15, -0.1) is 0 Å². The van der Waals surface area contributed by atoms with E-state index >= 15 is 0 Å². The Balaban J connectivity index is 1.69. The number of benzene rings is 2. The summed E-state index contributed by atoms with van der Waals surface area (Å²) in [5.41, 5.74) is 0.910. The molecule has 2 aromatic rings. The number of thioether (sulfide) groups is 1. The maximum atomic E-state index is 12.2. The van der Waals surface area contributed by atoms with Gasteiger partial charge in [0.2, 0.25) is 0 Å². The zero-order valence-corrected chi connectivity index (χ0v) is 14.2. The molecule has 2 N–H and O–H groups in total. The van der Waals surface area contributed by atoms with Crippen LogP contribution in [0.3, 0.4) is 0 Å². The van der Waals surface area contributed by atoms with Crippen molar-refractivity contribution in [1.29, 1.82) is 0 Å². The van der Waals surface area contributed by atoms with Crippen LogP contribution in [-0.2, 0) is 4.79 Å². The molecule has 0 bridgehead atoms. The lowest BCUT2D eigenvalue weighted by Gasteiger charge is -2.12. The van der Waals surface area contributed by atoms with Gasteiger partial charge in [0.05, 0.1) is 16.2 Å². The molecule has 9 heteroatoms. The van der Waals surface area contributed by atoms with Crippen molar-refractivity contribution in [3.05, 3.63) is 69.8 Å². The number of non-ortho nitro benzene ring substituents is 1. The van der Waals surface area contributed by atoms with E-state index in [4.69, 9.17) is 4.74 Å². The molecule has 0 amide bonds. The number of esters is 1. The first-order valence-electron chi connectivity index (χ1n) is 7.68. The number of nitro groups is 1. The second-order valence-corrected chi connectivity index (χ2v) is 6.81. The fourth-order valence-corrected chi connectivity index (χ4v) is 3.83. The van der Waals surface area contributed by atoms with Gasteiger partial charge in [0.1, 0.15) is 17.8 Å². The van der Waals surface area contributed by atoms with E-state index in [1.807, 2.05) is 6.07 Å². The first-order chi connectivity index (χ1) is 12.4. The van der Waals surface area contributed by atoms with Crippen LogP contribution in [-0.4, -0.2) is 28.7 Å². The highest BCUT2D eigenvalue weighted by atomic mass is 32.2. The first kappa shape index (κ1) is 17.9. The topological polar surface area (TPSA) is 126 Å². The molecule has 134 valence electrons. The molecular weight excluding hydrogens is 360 g/mol. The number of ether oxygens (including phenoxy) is 1. The Hall–Kier alpha value is -2.91. The van der Waals surface area contributed by atoms with Crippen molar-refractivity contribution in [2.75, 3.05) is 5.75 Å². The van der Waals surface area contributed by atoms with E-state index in [2.05, 4.69) is 0 Å². The number of quaternary nitrogens is 1. The molecule has 2 atom stereocenters. The van der Waals surface area contributed by atoms with Crippen molar-refractivity contribution in [2.45, 2.75) is 11.4 Å². The fraction of sp³-hybridized carbons (Fsp3) is 0.176. The summed E-state index contributed by atoms with van der Waals surface area (Å²) in [6.45, 7) is 0. The molecule has 0 radical (unpaired) electrons. The SMILES string of the molecule is O=C(Oc1cccc([C@H]2[NH2+][C@H](C(=O)[O-])CS2)c1)c1ccc([N+](=O)[O-])cc1. The van der Waals surface area contributed by atoms with E-state index in [0.717, 1.165) is 5.56 Å². The van der Waals surface area contributed by atoms with E-state index in [0.29, 0.717) is 11.5 Å². The molecule has 8 nitrogen and oxygen atoms in total. The summed E-state index contributed by atoms with van der Waals surface area (Å²) in [5, 5.41) is 23.2. The zero-order chi connectivity index (χ0) is 18.7. The second-order valence-electron chi connectivity index (χ2n) is 5.64. The number of nitrogens with two attached hydrogens (primary N) is 1. The van der Waals surface area contributed by atoms with Gasteiger partial charge < -0.3 is 20.0 Å². The van der Waals surface area contributed by atoms with Gasteiger partial charge in [0.15, 0.2) is 5.37 Å². The number of rotatable bonds is 5. The monoisotopic (exact) mass is 374 g/mol. The molecule has 1 saturated heterocycles. The maximum absolute atomic E-state index is 12.2. The van der Waals surface area contributed by atoms with Gasteiger partial charge in [-0.3, -0.25) is 10.1 Å². The molecule has 0 unspecified atom stereocenters. The van der Waals surface area contributed by atoms with Gasteiger partial charge in [-0.05, 0) is 24.3 Å². The molecular formula is C17H14N2O6S. The van der Waals surface area contributed by atoms with E-state index in [-0.39, 0.29) is 16.6 Å². The van der Waals surface area contributed by atoms with Crippen LogP contribution in [0.1, 0.15) is 21.3 Å². The lowest BCUT2D eigenvalue weighted by molar-refractivity contribution is -0.690. The van der Waals surface area contributed by atoms with E-state index in [1.54, 1.807) is 23.5 Å². The molecule has 1 fully saturated rings. The van der Waals surface area contributed by atoms with Crippen molar-refractivity contribution < 1.29 is 29.7 Å². The Kier molecular flexibility index (Phi) is 5.19. The van der Waals surface area contributed by atoms with Gasteiger partial charge in [-0.1, -0.05) is 23.9 Å². The molecule has 2 aromatic carbocycles. The van der Waals surface area contributed by atoms with Crippen LogP contribution in [0, 0.1) is 10.1 Å². The lowest BCUT2D eigenvalue weighted by atomic mass is 10.2. The number of hydrogen-bond acceptors (Lipinski definition) is 7. The fourth-order valence-electron chi connectivity index (χ4n) is 2.52. The van der Waals surface area contributed by atoms with Crippen molar-refractivity contribution in [3.63, 3.8) is 0 Å². The average molecular weight is 374 g/mol. The summed E-state index contributed by atoms with van der Waals surface area (Å²) in [7, 11) is 0. The van der Waals surface area contributed by atoms with Crippen LogP contribution in [0.4, 0.5) is 5.69 Å². The molecule has 0 saturated carbocycles. The average Bonchev–Trinajstić information content (AvgIpc) is 3.12. The number of carboxylic acids is 1. The summed E-state index contributed by atoms with van der Waals surface area (Å²) in [6.07, 6.45) is 0. The number of carboxylic acid groups (broad SMARTS) is 1. The summed E-state index contributed by atoms with van der Waals surface area (Å²) in [4.78, 5) is 33.2. The summed E-state index contributed by atoms with van der Waals surface area (Å²) in [5.74, 6) is -0.968. The molecule has 3 rings (SSSR count). The Morgan fingerprint density at radius 1 is 1.19 bits per heavy atom. The number of nitrogens with zero attached hydrogens (tertiary/aromatic N) is 1. The van der Waals surface area contributed by atoms with Gasteiger partial charge in [-0.25, -0.2) is 4.79 Å². The van der Waals surface area contributed by atoms with E-state index < -0.39 is 22.9 Å². The predicted molar refractivity (Wildman–Crippen MR) is 90.4 cm³/mol. The van der Waals surface area contributed by atoms with Crippen molar-refractivity contribution in [3.8, 4) is 5.75 Å². The highest BCUT2D eigenvalue weighted by Gasteiger charge is 2.31. The van der Waals surface area contributed by atoms with E-state index in [9.17, 15) is 24.8 Å². The second kappa shape index (κ2) is 7.54. The Labute approximate surface area is 152 Å². The summed E-state index contributed by atoms with van der Waals surface area (Å²) < 4.78 is 5.31. The minimum atomic E-state index is -1.10. The van der Waals surface area contributed by atoms with Crippen LogP contribution in [0.25, 0.3) is 0 Å². The Bertz CT molecular complexity index is 855. The van der Waals surface area contributed by atoms with Crippen molar-refractivity contribution in [1.82, 2.24) is 0 Å². The number of aliphatic carboxylic acids is 1. The normalized spacial score (nSPS) is 19.1. The quantitative estimate of drug-likeness (QED) is 0.344. The molecule has 26 heavy (non-hydrogen) atoms. The zero-order valence-electron chi connectivity index (χ0n) is 13.4. The van der Waals surface area contributed by atoms with Crippen molar-refractivity contribution >= 4 is 29.4 Å². The molecule has 0 aromatic heterocycles. The number of hydrogen-bond donors (Lipinski definition) is 1. The number of carbonyl (C=O) groups excluding carboxylic acids is 2. The summed E-state index contributed by atoms with van der Waals surface area (Å²) in [6, 6.07) is 11.4. The third kappa shape index (κ3) is 4.01. The predicted octanol–water partition coefficient (Wildman–Crippen LogP) is 0.241. The molecule has 1 aliphatic heterocycles. The third-order valence-electron chi connectivity index (χ3n) is 3.88. The van der Waals surface area contributed by atoms with Crippen LogP contribution in [0.2, 0.25) is 0 Å². The molecule has 1 heterocycles. The van der Waals surface area contributed by atoms with Gasteiger partial charge in [-0.2, -0.15) is 0 Å². The summed E-state index contributed by atoms with van der Waals surface area (Å²) >= 11 is 1.48.